The van der Waals surface area contributed by atoms with Crippen molar-refractivity contribution < 1.29 is 19.0 Å². The minimum absolute atomic E-state index is 0.0782. The van der Waals surface area contributed by atoms with Crippen molar-refractivity contribution in [3.63, 3.8) is 0 Å². The lowest BCUT2D eigenvalue weighted by Crippen LogP contribution is -2.29. The second-order valence-electron chi connectivity index (χ2n) is 8.67. The molecule has 0 bridgehead atoms. The van der Waals surface area contributed by atoms with Crippen LogP contribution in [0.4, 0.5) is 16.0 Å². The van der Waals surface area contributed by atoms with Gasteiger partial charge in [-0.2, -0.15) is 0 Å². The average molecular weight is 448 g/mol. The van der Waals surface area contributed by atoms with Crippen LogP contribution in [0.3, 0.4) is 0 Å². The van der Waals surface area contributed by atoms with Gasteiger partial charge in [0.05, 0.1) is 13.7 Å². The van der Waals surface area contributed by atoms with Crippen molar-refractivity contribution in [3.8, 4) is 16.9 Å². The van der Waals surface area contributed by atoms with E-state index in [0.717, 1.165) is 25.1 Å². The van der Waals surface area contributed by atoms with E-state index in [-0.39, 0.29) is 30.3 Å². The molecule has 2 aliphatic rings. The van der Waals surface area contributed by atoms with Crippen molar-refractivity contribution in [2.45, 2.75) is 18.3 Å². The molecule has 33 heavy (non-hydrogen) atoms. The molecule has 1 saturated carbocycles. The summed E-state index contributed by atoms with van der Waals surface area (Å²) in [6.07, 6.45) is 5.40. The molecule has 1 amide bonds. The molecule has 2 aromatic carbocycles. The maximum atomic E-state index is 14.4. The highest BCUT2D eigenvalue weighted by Crippen LogP contribution is 2.57. The van der Waals surface area contributed by atoms with Crippen LogP contribution in [0, 0.1) is 5.82 Å². The smallest absolute Gasteiger partial charge is 0.253 e. The molecule has 1 aliphatic carbocycles. The van der Waals surface area contributed by atoms with Crippen LogP contribution in [0.15, 0.2) is 48.8 Å². The van der Waals surface area contributed by atoms with Gasteiger partial charge in [0.2, 0.25) is 5.95 Å². The molecule has 0 radical (unpaired) electrons. The van der Waals surface area contributed by atoms with Gasteiger partial charge in [-0.25, -0.2) is 14.4 Å². The van der Waals surface area contributed by atoms with E-state index in [1.54, 1.807) is 31.6 Å². The topological polar surface area (TPSA) is 78.8 Å². The predicted molar refractivity (Wildman–Crippen MR) is 122 cm³/mol. The Kier molecular flexibility index (Phi) is 5.25. The third-order valence-corrected chi connectivity index (χ3v) is 6.57. The highest BCUT2D eigenvalue weighted by atomic mass is 19.1. The van der Waals surface area contributed by atoms with Gasteiger partial charge in [0.1, 0.15) is 11.6 Å². The molecule has 1 aromatic heterocycles. The first-order valence-electron chi connectivity index (χ1n) is 10.9. The fourth-order valence-electron chi connectivity index (χ4n) is 4.49. The number of carbonyl (C=O) groups excluding carboxylic acids is 1. The number of halogens is 1. The first kappa shape index (κ1) is 21.3. The summed E-state index contributed by atoms with van der Waals surface area (Å²) in [5.41, 5.74) is 3.70. The second kappa shape index (κ2) is 8.12. The minimum atomic E-state index is -0.370. The molecule has 3 aromatic rings. The Labute approximate surface area is 191 Å². The number of aromatic nitrogens is 2. The number of methoxy groups -OCH3 is 1. The molecule has 1 fully saturated rings. The van der Waals surface area contributed by atoms with Gasteiger partial charge in [0.25, 0.3) is 5.91 Å². The fourth-order valence-corrected chi connectivity index (χ4v) is 4.49. The van der Waals surface area contributed by atoms with Gasteiger partial charge in [-0.1, -0.05) is 6.07 Å². The van der Waals surface area contributed by atoms with E-state index < -0.39 is 0 Å². The van der Waals surface area contributed by atoms with Gasteiger partial charge in [0.15, 0.2) is 0 Å². The summed E-state index contributed by atoms with van der Waals surface area (Å²) in [5.74, 6) is 0.558. The summed E-state index contributed by atoms with van der Waals surface area (Å²) < 4.78 is 19.6. The number of fused-ring (bicyclic) bond motifs is 2. The predicted octanol–water partition coefficient (Wildman–Crippen LogP) is 3.54. The van der Waals surface area contributed by atoms with Crippen LogP contribution < -0.4 is 9.64 Å². The fraction of sp³-hybridized carbons (Fsp3) is 0.320. The lowest BCUT2D eigenvalue weighted by Gasteiger charge is -2.20. The number of aliphatic hydroxyl groups is 1. The summed E-state index contributed by atoms with van der Waals surface area (Å²) in [4.78, 5) is 25.4. The van der Waals surface area contributed by atoms with Crippen LogP contribution in [0.2, 0.25) is 0 Å². The zero-order valence-electron chi connectivity index (χ0n) is 18.6. The second-order valence-corrected chi connectivity index (χ2v) is 8.67. The molecular weight excluding hydrogens is 423 g/mol. The van der Waals surface area contributed by atoms with Gasteiger partial charge >= 0.3 is 0 Å². The molecule has 0 unspecified atom stereocenters. The van der Waals surface area contributed by atoms with E-state index in [9.17, 15) is 9.18 Å². The third kappa shape index (κ3) is 3.70. The molecule has 1 spiro atoms. The number of likely N-dealkylation sites (N-methyl/N-ethyl adjacent to an activating group) is 1. The van der Waals surface area contributed by atoms with Crippen LogP contribution in [-0.4, -0.2) is 59.7 Å². The van der Waals surface area contributed by atoms with Crippen molar-refractivity contribution in [2.75, 3.05) is 38.8 Å². The van der Waals surface area contributed by atoms with Gasteiger partial charge < -0.3 is 19.6 Å². The summed E-state index contributed by atoms with van der Waals surface area (Å²) in [6.45, 7) is 0.935. The van der Waals surface area contributed by atoms with Gasteiger partial charge in [-0.05, 0) is 48.7 Å². The van der Waals surface area contributed by atoms with Crippen LogP contribution in [0.25, 0.3) is 11.1 Å². The minimum Gasteiger partial charge on any atom is -0.497 e. The summed E-state index contributed by atoms with van der Waals surface area (Å²) in [5, 5.41) is 9.16. The Balaban J connectivity index is 1.48. The van der Waals surface area contributed by atoms with Crippen molar-refractivity contribution >= 4 is 17.5 Å². The van der Waals surface area contributed by atoms with Crippen molar-refractivity contribution in [2.24, 2.45) is 0 Å². The highest BCUT2D eigenvalue weighted by molar-refractivity contribution is 5.96. The number of hydrogen-bond acceptors (Lipinski definition) is 6. The highest BCUT2D eigenvalue weighted by Gasteiger charge is 2.52. The first-order valence-corrected chi connectivity index (χ1v) is 10.9. The SMILES string of the molecule is COc1ccc(F)c(-c2cnc(N3CC4(CC4)c4ccc(C(=O)N(C)CCO)cc43)nc2)c1. The molecule has 7 nitrogen and oxygen atoms in total. The molecular formula is C25H25FN4O3. The van der Waals surface area contributed by atoms with Crippen molar-refractivity contribution in [1.29, 1.82) is 0 Å². The third-order valence-electron chi connectivity index (χ3n) is 6.57. The molecule has 2 heterocycles. The zero-order valence-corrected chi connectivity index (χ0v) is 18.6. The summed E-state index contributed by atoms with van der Waals surface area (Å²) >= 11 is 0. The number of anilines is 2. The average Bonchev–Trinajstić information content (AvgIpc) is 3.55. The van der Waals surface area contributed by atoms with Crippen molar-refractivity contribution in [1.82, 2.24) is 14.9 Å². The molecule has 0 atom stereocenters. The number of hydrogen-bond donors (Lipinski definition) is 1. The molecule has 5 rings (SSSR count). The van der Waals surface area contributed by atoms with Gasteiger partial charge in [-0.15, -0.1) is 0 Å². The Bertz CT molecular complexity index is 1210. The molecule has 170 valence electrons. The Morgan fingerprint density at radius 1 is 1.21 bits per heavy atom. The number of ether oxygens (including phenoxy) is 1. The Morgan fingerprint density at radius 3 is 2.64 bits per heavy atom. The lowest BCUT2D eigenvalue weighted by atomic mass is 9.97. The number of nitrogens with zero attached hydrogens (tertiary/aromatic N) is 4. The lowest BCUT2D eigenvalue weighted by molar-refractivity contribution is 0.0767. The molecule has 0 saturated heterocycles. The molecule has 1 aliphatic heterocycles. The van der Waals surface area contributed by atoms with Crippen LogP contribution >= 0.6 is 0 Å². The van der Waals surface area contributed by atoms with E-state index in [2.05, 4.69) is 9.97 Å². The van der Waals surface area contributed by atoms with Gasteiger partial charge in [-0.3, -0.25) is 4.79 Å². The number of rotatable bonds is 6. The van der Waals surface area contributed by atoms with E-state index >= 15 is 0 Å². The normalized spacial score (nSPS) is 15.5. The Morgan fingerprint density at radius 2 is 1.97 bits per heavy atom. The maximum absolute atomic E-state index is 14.4. The van der Waals surface area contributed by atoms with Crippen LogP contribution in [0.1, 0.15) is 28.8 Å². The van der Waals surface area contributed by atoms with E-state index in [0.29, 0.717) is 28.4 Å². The Hall–Kier alpha value is -3.52. The standard InChI is InChI=1S/C25H25FN4O3/c1-29(9-10-31)23(32)16-3-5-20-22(11-16)30(15-25(20)7-8-25)24-27-13-17(14-28-24)19-12-18(33-2)4-6-21(19)26/h3-6,11-14,31H,7-10,15H2,1-2H3. The first-order chi connectivity index (χ1) is 16.0. The monoisotopic (exact) mass is 448 g/mol. The number of benzene rings is 2. The van der Waals surface area contributed by atoms with E-state index in [1.807, 2.05) is 23.1 Å². The zero-order chi connectivity index (χ0) is 23.2. The van der Waals surface area contributed by atoms with Crippen LogP contribution in [-0.2, 0) is 5.41 Å². The summed E-state index contributed by atoms with van der Waals surface area (Å²) in [7, 11) is 3.21. The maximum Gasteiger partial charge on any atom is 0.253 e. The summed E-state index contributed by atoms with van der Waals surface area (Å²) in [6, 6.07) is 10.3. The molecule has 8 heteroatoms. The van der Waals surface area contributed by atoms with Crippen LogP contribution in [0.5, 0.6) is 5.75 Å². The number of carbonyl (C=O) groups is 1. The largest absolute Gasteiger partial charge is 0.497 e. The number of amides is 1. The quantitative estimate of drug-likeness (QED) is 0.622. The molecule has 1 N–H and O–H groups in total. The van der Waals surface area contributed by atoms with E-state index in [1.165, 1.54) is 23.6 Å². The van der Waals surface area contributed by atoms with E-state index in [4.69, 9.17) is 9.84 Å². The van der Waals surface area contributed by atoms with Gasteiger partial charge in [0, 0.05) is 60.3 Å². The number of aliphatic hydroxyl groups excluding tert-OH is 1. The van der Waals surface area contributed by atoms with Crippen molar-refractivity contribution in [3.05, 3.63) is 65.7 Å².